The van der Waals surface area contributed by atoms with Gasteiger partial charge in [-0.2, -0.15) is 0 Å². The molecule has 1 aliphatic heterocycles. The monoisotopic (exact) mass is 433 g/mol. The molecule has 0 amide bonds. The molecule has 2 heteroatoms. The summed E-state index contributed by atoms with van der Waals surface area (Å²) in [5.41, 5.74) is 1.95. The van der Waals surface area contributed by atoms with Crippen LogP contribution in [0.4, 0.5) is 0 Å². The Labute approximate surface area is 197 Å². The first kappa shape index (κ1) is 21.7. The van der Waals surface area contributed by atoms with Crippen LogP contribution in [0.25, 0.3) is 0 Å². The second-order valence-electron chi connectivity index (χ2n) is 11.2. The predicted molar refractivity (Wildman–Crippen MR) is 134 cm³/mol. The van der Waals surface area contributed by atoms with Crippen LogP contribution in [0.2, 0.25) is 0 Å². The number of phenolic OH excluding ortho intramolecular Hbond substituents is 1. The molecule has 1 aliphatic rings. The van der Waals surface area contributed by atoms with Gasteiger partial charge in [0.25, 0.3) is 0 Å². The SMILES string of the molecule is [2H]C([2H])([2H])c1c(O)c(C)c(C)c2c1CC[C@@](C)(CCC[C@H](C)CCC[C@H](C)CCCC(C)C)O2. The Hall–Kier alpha value is -1.18. The fourth-order valence-electron chi connectivity index (χ4n) is 5.06. The molecule has 178 valence electrons. The predicted octanol–water partition coefficient (Wildman–Crippen LogP) is 8.84. The summed E-state index contributed by atoms with van der Waals surface area (Å²) in [6.07, 6.45) is 12.8. The topological polar surface area (TPSA) is 29.5 Å². The molecule has 0 aromatic heterocycles. The molecule has 1 aromatic carbocycles. The summed E-state index contributed by atoms with van der Waals surface area (Å²) in [6.45, 7) is 12.9. The molecule has 31 heavy (non-hydrogen) atoms. The molecular formula is C29H50O2. The van der Waals surface area contributed by atoms with Crippen molar-refractivity contribution in [2.75, 3.05) is 0 Å². The van der Waals surface area contributed by atoms with Gasteiger partial charge in [0.05, 0.1) is 0 Å². The molecule has 2 nitrogen and oxygen atoms in total. The number of phenols is 1. The van der Waals surface area contributed by atoms with Gasteiger partial charge in [-0.15, -0.1) is 0 Å². The first-order valence-corrected chi connectivity index (χ1v) is 12.8. The third-order valence-electron chi connectivity index (χ3n) is 7.60. The first-order valence-electron chi connectivity index (χ1n) is 14.3. The average molecular weight is 434 g/mol. The number of aromatic hydroxyl groups is 1. The van der Waals surface area contributed by atoms with Crippen molar-refractivity contribution in [3.8, 4) is 11.5 Å². The lowest BCUT2D eigenvalue weighted by Gasteiger charge is -2.38. The van der Waals surface area contributed by atoms with E-state index in [2.05, 4.69) is 34.6 Å². The van der Waals surface area contributed by atoms with Gasteiger partial charge in [0, 0.05) is 9.68 Å². The Morgan fingerprint density at radius 3 is 2.06 bits per heavy atom. The van der Waals surface area contributed by atoms with Crippen LogP contribution in [0.1, 0.15) is 125 Å². The normalized spacial score (nSPS) is 22.3. The molecule has 0 aliphatic carbocycles. The van der Waals surface area contributed by atoms with E-state index in [1.165, 1.54) is 44.9 Å². The highest BCUT2D eigenvalue weighted by atomic mass is 16.5. The van der Waals surface area contributed by atoms with Crippen LogP contribution in [0, 0.1) is 38.5 Å². The molecule has 0 fully saturated rings. The lowest BCUT2D eigenvalue weighted by atomic mass is 9.84. The molecule has 3 atom stereocenters. The van der Waals surface area contributed by atoms with Gasteiger partial charge in [0.15, 0.2) is 0 Å². The Balaban J connectivity index is 1.86. The standard InChI is InChI=1S/C29H50O2/c1-20(2)12-9-13-21(3)14-10-15-22(4)16-11-18-29(8)19-17-26-25(7)27(30)23(5)24(6)28(26)31-29/h20-22,30H,9-19H2,1-8H3/t21-,22-,29-/m1/s1/i7D3. The van der Waals surface area contributed by atoms with Crippen molar-refractivity contribution >= 4 is 0 Å². The molecular weight excluding hydrogens is 380 g/mol. The largest absolute Gasteiger partial charge is 0.507 e. The highest BCUT2D eigenvalue weighted by Crippen LogP contribution is 2.44. The fourth-order valence-corrected chi connectivity index (χ4v) is 5.06. The average Bonchev–Trinajstić information content (AvgIpc) is 2.71. The van der Waals surface area contributed by atoms with E-state index in [1.54, 1.807) is 6.92 Å². The Morgan fingerprint density at radius 1 is 0.903 bits per heavy atom. The van der Waals surface area contributed by atoms with Gasteiger partial charge >= 0.3 is 0 Å². The number of hydrogen-bond acceptors (Lipinski definition) is 2. The smallest absolute Gasteiger partial charge is 0.127 e. The highest BCUT2D eigenvalue weighted by molar-refractivity contribution is 5.58. The maximum atomic E-state index is 10.6. The van der Waals surface area contributed by atoms with Crippen LogP contribution in [0.15, 0.2) is 0 Å². The second-order valence-corrected chi connectivity index (χ2v) is 11.2. The van der Waals surface area contributed by atoms with Gasteiger partial charge in [0.1, 0.15) is 17.1 Å². The zero-order valence-electron chi connectivity index (χ0n) is 24.4. The van der Waals surface area contributed by atoms with E-state index < -0.39 is 6.85 Å². The third-order valence-corrected chi connectivity index (χ3v) is 7.60. The van der Waals surface area contributed by atoms with Crippen molar-refractivity contribution in [1.82, 2.24) is 0 Å². The summed E-state index contributed by atoms with van der Waals surface area (Å²) in [5, 5.41) is 10.6. The van der Waals surface area contributed by atoms with Crippen LogP contribution in [-0.4, -0.2) is 10.7 Å². The van der Waals surface area contributed by atoms with Crippen molar-refractivity contribution in [1.29, 1.82) is 0 Å². The van der Waals surface area contributed by atoms with E-state index in [0.717, 1.165) is 42.6 Å². The summed E-state index contributed by atoms with van der Waals surface area (Å²) in [7, 11) is 0. The van der Waals surface area contributed by atoms with Crippen LogP contribution in [0.3, 0.4) is 0 Å². The minimum Gasteiger partial charge on any atom is -0.507 e. The maximum absolute atomic E-state index is 10.6. The van der Waals surface area contributed by atoms with E-state index >= 15 is 0 Å². The van der Waals surface area contributed by atoms with Crippen molar-refractivity contribution in [2.45, 2.75) is 132 Å². The Morgan fingerprint density at radius 2 is 1.48 bits per heavy atom. The van der Waals surface area contributed by atoms with E-state index in [9.17, 15) is 5.11 Å². The first-order chi connectivity index (χ1) is 15.7. The van der Waals surface area contributed by atoms with Crippen LogP contribution < -0.4 is 4.74 Å². The number of hydrogen-bond donors (Lipinski definition) is 1. The van der Waals surface area contributed by atoms with Crippen molar-refractivity contribution in [3.05, 3.63) is 22.3 Å². The Bertz CT molecular complexity index is 800. The fraction of sp³-hybridized carbons (Fsp3) is 0.793. The summed E-state index contributed by atoms with van der Waals surface area (Å²) in [4.78, 5) is 0. The Kier molecular flexibility index (Phi) is 8.11. The van der Waals surface area contributed by atoms with Gasteiger partial charge < -0.3 is 9.84 Å². The van der Waals surface area contributed by atoms with Crippen molar-refractivity contribution in [2.24, 2.45) is 17.8 Å². The molecule has 1 heterocycles. The molecule has 1 aromatic rings. The summed E-state index contributed by atoms with van der Waals surface area (Å²) in [6, 6.07) is 0. The summed E-state index contributed by atoms with van der Waals surface area (Å²) in [5.74, 6) is 2.98. The lowest BCUT2D eigenvalue weighted by molar-refractivity contribution is 0.0512. The molecule has 0 bridgehead atoms. The van der Waals surface area contributed by atoms with Crippen LogP contribution >= 0.6 is 0 Å². The van der Waals surface area contributed by atoms with Gasteiger partial charge in [-0.25, -0.2) is 0 Å². The van der Waals surface area contributed by atoms with Gasteiger partial charge in [-0.1, -0.05) is 72.6 Å². The molecule has 0 radical (unpaired) electrons. The van der Waals surface area contributed by atoms with Gasteiger partial charge in [-0.05, 0) is 87.8 Å². The molecule has 0 unspecified atom stereocenters. The minimum absolute atomic E-state index is 0.0831. The summed E-state index contributed by atoms with van der Waals surface area (Å²) >= 11 is 0. The van der Waals surface area contributed by atoms with Crippen molar-refractivity contribution < 1.29 is 14.0 Å². The summed E-state index contributed by atoms with van der Waals surface area (Å²) < 4.78 is 30.3. The van der Waals surface area contributed by atoms with Crippen LogP contribution in [0.5, 0.6) is 11.5 Å². The zero-order chi connectivity index (χ0) is 25.7. The molecule has 1 N–H and O–H groups in total. The third kappa shape index (κ3) is 7.43. The van der Waals surface area contributed by atoms with E-state index in [4.69, 9.17) is 8.85 Å². The van der Waals surface area contributed by atoms with E-state index in [-0.39, 0.29) is 16.9 Å². The molecule has 0 saturated heterocycles. The quantitative estimate of drug-likeness (QED) is 0.357. The highest BCUT2D eigenvalue weighted by Gasteiger charge is 2.34. The zero-order valence-corrected chi connectivity index (χ0v) is 21.4. The lowest BCUT2D eigenvalue weighted by Crippen LogP contribution is -2.37. The van der Waals surface area contributed by atoms with Crippen molar-refractivity contribution in [3.63, 3.8) is 0 Å². The van der Waals surface area contributed by atoms with E-state index in [1.807, 2.05) is 6.92 Å². The van der Waals surface area contributed by atoms with E-state index in [0.29, 0.717) is 23.3 Å². The number of ether oxygens (including phenoxy) is 1. The molecule has 0 saturated carbocycles. The minimum atomic E-state index is -2.34. The van der Waals surface area contributed by atoms with Gasteiger partial charge in [0.2, 0.25) is 0 Å². The molecule has 0 spiro atoms. The van der Waals surface area contributed by atoms with Gasteiger partial charge in [-0.3, -0.25) is 0 Å². The maximum Gasteiger partial charge on any atom is 0.127 e. The van der Waals surface area contributed by atoms with Crippen LogP contribution in [-0.2, 0) is 6.42 Å². The number of rotatable bonds is 12. The number of benzene rings is 1. The molecule has 2 rings (SSSR count). The number of fused-ring (bicyclic) bond motifs is 1. The second kappa shape index (κ2) is 11.6.